The highest BCUT2D eigenvalue weighted by Gasteiger charge is 2.06. The molecule has 0 aliphatic heterocycles. The molecule has 0 saturated carbocycles. The van der Waals surface area contributed by atoms with E-state index in [0.717, 1.165) is 0 Å². The number of thiocarbonyl (C=S) groups is 1. The number of nitrogens with two attached hydrogens (primary N) is 1. The van der Waals surface area contributed by atoms with Crippen molar-refractivity contribution in [3.63, 3.8) is 0 Å². The van der Waals surface area contributed by atoms with Crippen LogP contribution in [0.1, 0.15) is 18.1 Å². The monoisotopic (exact) mass is 213 g/mol. The Bertz CT molecular complexity index is 341. The summed E-state index contributed by atoms with van der Waals surface area (Å²) in [5, 5.41) is 0. The van der Waals surface area contributed by atoms with Crippen molar-refractivity contribution in [3.05, 3.63) is 35.1 Å². The lowest BCUT2D eigenvalue weighted by Gasteiger charge is -2.07. The molecule has 1 aromatic carbocycles. The second-order valence-electron chi connectivity index (χ2n) is 2.80. The van der Waals surface area contributed by atoms with Gasteiger partial charge in [-0.15, -0.1) is 0 Å². The Kier molecular flexibility index (Phi) is 3.98. The Hall–Kier alpha value is -1.00. The molecule has 0 radical (unpaired) electrons. The van der Waals surface area contributed by atoms with Crippen molar-refractivity contribution in [3.8, 4) is 0 Å². The Morgan fingerprint density at radius 3 is 2.86 bits per heavy atom. The standard InChI is InChI=1S/C10H12FNOS/c1-2-13-6-7-5-8(11)3-4-9(7)10(12)14/h3-5H,2,6H2,1H3,(H2,12,14). The predicted octanol–water partition coefficient (Wildman–Crippen LogP) is 2.00. The molecule has 0 bridgehead atoms. The van der Waals surface area contributed by atoms with Crippen molar-refractivity contribution in [2.24, 2.45) is 5.73 Å². The van der Waals surface area contributed by atoms with E-state index in [9.17, 15) is 4.39 Å². The average Bonchev–Trinajstić information content (AvgIpc) is 2.14. The van der Waals surface area contributed by atoms with Gasteiger partial charge in [0, 0.05) is 12.2 Å². The van der Waals surface area contributed by atoms with Gasteiger partial charge in [-0.25, -0.2) is 4.39 Å². The molecule has 0 aliphatic carbocycles. The highest BCUT2D eigenvalue weighted by Crippen LogP contribution is 2.12. The van der Waals surface area contributed by atoms with Crippen LogP contribution in [0.25, 0.3) is 0 Å². The molecule has 4 heteroatoms. The number of rotatable bonds is 4. The fourth-order valence-corrected chi connectivity index (χ4v) is 1.33. The zero-order valence-corrected chi connectivity index (χ0v) is 8.73. The van der Waals surface area contributed by atoms with Gasteiger partial charge < -0.3 is 10.5 Å². The van der Waals surface area contributed by atoms with E-state index in [2.05, 4.69) is 0 Å². The molecule has 0 amide bonds. The molecule has 1 rings (SSSR count). The molecule has 0 spiro atoms. The maximum absolute atomic E-state index is 12.9. The fourth-order valence-electron chi connectivity index (χ4n) is 1.13. The third-order valence-corrected chi connectivity index (χ3v) is 2.01. The van der Waals surface area contributed by atoms with Gasteiger partial charge in [0.05, 0.1) is 6.61 Å². The Labute approximate surface area is 87.9 Å². The normalized spacial score (nSPS) is 10.1. The molecule has 0 unspecified atom stereocenters. The summed E-state index contributed by atoms with van der Waals surface area (Å²) in [6, 6.07) is 4.31. The van der Waals surface area contributed by atoms with E-state index in [0.29, 0.717) is 24.3 Å². The molecule has 2 nitrogen and oxygen atoms in total. The van der Waals surface area contributed by atoms with E-state index in [4.69, 9.17) is 22.7 Å². The maximum atomic E-state index is 12.9. The molecule has 1 aromatic rings. The van der Waals surface area contributed by atoms with Gasteiger partial charge in [0.25, 0.3) is 0 Å². The first-order valence-electron chi connectivity index (χ1n) is 4.31. The molecule has 0 saturated heterocycles. The van der Waals surface area contributed by atoms with Crippen LogP contribution in [0.4, 0.5) is 4.39 Å². The van der Waals surface area contributed by atoms with E-state index < -0.39 is 0 Å². The van der Waals surface area contributed by atoms with E-state index >= 15 is 0 Å². The third kappa shape index (κ3) is 2.75. The lowest BCUT2D eigenvalue weighted by molar-refractivity contribution is 0.134. The van der Waals surface area contributed by atoms with Crippen molar-refractivity contribution in [2.45, 2.75) is 13.5 Å². The Balaban J connectivity index is 2.97. The van der Waals surface area contributed by atoms with Crippen LogP contribution in [0.2, 0.25) is 0 Å². The van der Waals surface area contributed by atoms with Crippen molar-refractivity contribution < 1.29 is 9.13 Å². The van der Waals surface area contributed by atoms with Crippen LogP contribution in [-0.4, -0.2) is 11.6 Å². The summed E-state index contributed by atoms with van der Waals surface area (Å²) in [5.41, 5.74) is 6.86. The summed E-state index contributed by atoms with van der Waals surface area (Å²) in [7, 11) is 0. The fraction of sp³-hybridized carbons (Fsp3) is 0.300. The minimum Gasteiger partial charge on any atom is -0.389 e. The van der Waals surface area contributed by atoms with Crippen LogP contribution in [-0.2, 0) is 11.3 Å². The molecule has 0 fully saturated rings. The highest BCUT2D eigenvalue weighted by molar-refractivity contribution is 7.80. The first-order chi connectivity index (χ1) is 6.65. The average molecular weight is 213 g/mol. The first-order valence-corrected chi connectivity index (χ1v) is 4.72. The maximum Gasteiger partial charge on any atom is 0.123 e. The van der Waals surface area contributed by atoms with E-state index in [1.807, 2.05) is 6.92 Å². The molecule has 0 aliphatic rings. The van der Waals surface area contributed by atoms with Crippen LogP contribution >= 0.6 is 12.2 Å². The topological polar surface area (TPSA) is 35.2 Å². The quantitative estimate of drug-likeness (QED) is 0.777. The Morgan fingerprint density at radius 2 is 2.29 bits per heavy atom. The summed E-state index contributed by atoms with van der Waals surface area (Å²) in [6.07, 6.45) is 0. The van der Waals surface area contributed by atoms with Crippen LogP contribution in [0, 0.1) is 5.82 Å². The van der Waals surface area contributed by atoms with Crippen LogP contribution < -0.4 is 5.73 Å². The van der Waals surface area contributed by atoms with Gasteiger partial charge in [-0.1, -0.05) is 12.2 Å². The second-order valence-corrected chi connectivity index (χ2v) is 3.24. The van der Waals surface area contributed by atoms with Crippen LogP contribution in [0.15, 0.2) is 18.2 Å². The summed E-state index contributed by atoms with van der Waals surface area (Å²) < 4.78 is 18.1. The Morgan fingerprint density at radius 1 is 1.57 bits per heavy atom. The van der Waals surface area contributed by atoms with Crippen molar-refractivity contribution in [2.75, 3.05) is 6.61 Å². The number of hydrogen-bond donors (Lipinski definition) is 1. The lowest BCUT2D eigenvalue weighted by Crippen LogP contribution is -2.13. The molecule has 0 aromatic heterocycles. The molecular formula is C10H12FNOS. The van der Waals surface area contributed by atoms with E-state index in [1.54, 1.807) is 6.07 Å². The van der Waals surface area contributed by atoms with Crippen molar-refractivity contribution in [1.29, 1.82) is 0 Å². The van der Waals surface area contributed by atoms with Gasteiger partial charge in [-0.3, -0.25) is 0 Å². The minimum absolute atomic E-state index is 0.264. The molecule has 0 atom stereocenters. The molecule has 0 heterocycles. The van der Waals surface area contributed by atoms with Crippen LogP contribution in [0.3, 0.4) is 0 Å². The van der Waals surface area contributed by atoms with Gasteiger partial charge in [-0.05, 0) is 30.7 Å². The molecular weight excluding hydrogens is 201 g/mol. The number of benzene rings is 1. The second kappa shape index (κ2) is 5.02. The van der Waals surface area contributed by atoms with E-state index in [-0.39, 0.29) is 10.8 Å². The minimum atomic E-state index is -0.306. The largest absolute Gasteiger partial charge is 0.389 e. The van der Waals surface area contributed by atoms with Gasteiger partial charge in [0.2, 0.25) is 0 Å². The summed E-state index contributed by atoms with van der Waals surface area (Å²) in [6.45, 7) is 2.79. The highest BCUT2D eigenvalue weighted by atomic mass is 32.1. The van der Waals surface area contributed by atoms with E-state index in [1.165, 1.54) is 12.1 Å². The first kappa shape index (κ1) is 11.1. The summed E-state index contributed by atoms with van der Waals surface area (Å²) in [5.74, 6) is -0.306. The smallest absolute Gasteiger partial charge is 0.123 e. The summed E-state index contributed by atoms with van der Waals surface area (Å²) >= 11 is 4.84. The lowest BCUT2D eigenvalue weighted by atomic mass is 10.1. The van der Waals surface area contributed by atoms with Gasteiger partial charge >= 0.3 is 0 Å². The molecule has 76 valence electrons. The molecule has 14 heavy (non-hydrogen) atoms. The zero-order chi connectivity index (χ0) is 10.6. The van der Waals surface area contributed by atoms with Gasteiger partial charge in [0.15, 0.2) is 0 Å². The number of halogens is 1. The third-order valence-electron chi connectivity index (χ3n) is 1.79. The predicted molar refractivity (Wildman–Crippen MR) is 57.6 cm³/mol. The van der Waals surface area contributed by atoms with Gasteiger partial charge in [0.1, 0.15) is 10.8 Å². The van der Waals surface area contributed by atoms with Gasteiger partial charge in [-0.2, -0.15) is 0 Å². The molecule has 2 N–H and O–H groups in total. The van der Waals surface area contributed by atoms with Crippen molar-refractivity contribution in [1.82, 2.24) is 0 Å². The number of hydrogen-bond acceptors (Lipinski definition) is 2. The zero-order valence-electron chi connectivity index (χ0n) is 7.92. The van der Waals surface area contributed by atoms with Crippen LogP contribution in [0.5, 0.6) is 0 Å². The SMILES string of the molecule is CCOCc1cc(F)ccc1C(N)=S. The van der Waals surface area contributed by atoms with Crippen molar-refractivity contribution >= 4 is 17.2 Å². The summed E-state index contributed by atoms with van der Waals surface area (Å²) in [4.78, 5) is 0.264. The number of ether oxygens (including phenoxy) is 1.